The molecule has 1 aromatic rings. The minimum atomic E-state index is 0.137. The topological polar surface area (TPSA) is 56.7 Å². The molecule has 1 N–H and O–H groups in total. The first-order valence-electron chi connectivity index (χ1n) is 11.7. The molecule has 0 aromatic carbocycles. The molecule has 0 saturated carbocycles. The van der Waals surface area contributed by atoms with Gasteiger partial charge in [-0.15, -0.1) is 11.3 Å². The van der Waals surface area contributed by atoms with Crippen molar-refractivity contribution in [3.8, 4) is 0 Å². The lowest BCUT2D eigenvalue weighted by Gasteiger charge is -2.47. The van der Waals surface area contributed by atoms with Crippen molar-refractivity contribution in [2.45, 2.75) is 64.7 Å². The fraction of sp³-hybridized carbons (Fsp3) is 0.826. The molecule has 3 rings (SSSR count). The number of thioether (sulfide) groups is 1. The predicted molar refractivity (Wildman–Crippen MR) is 128 cm³/mol. The van der Waals surface area contributed by atoms with Crippen molar-refractivity contribution in [2.75, 3.05) is 50.8 Å². The number of piperidine rings is 2. The van der Waals surface area contributed by atoms with Gasteiger partial charge in [-0.05, 0) is 81.5 Å². The first kappa shape index (κ1) is 24.0. The Hall–Kier alpha value is -0.630. The van der Waals surface area contributed by atoms with Crippen LogP contribution in [0, 0.1) is 5.41 Å². The normalized spacial score (nSPS) is 19.7. The van der Waals surface area contributed by atoms with Crippen LogP contribution in [0.2, 0.25) is 0 Å². The van der Waals surface area contributed by atoms with Crippen LogP contribution in [-0.2, 0) is 0 Å². The molecule has 2 aliphatic heterocycles. The highest BCUT2D eigenvalue weighted by atomic mass is 32.2. The molecule has 0 unspecified atom stereocenters. The molecule has 0 aliphatic carbocycles. The Morgan fingerprint density at radius 2 is 1.97 bits per heavy atom. The fourth-order valence-electron chi connectivity index (χ4n) is 4.66. The van der Waals surface area contributed by atoms with E-state index in [1.807, 2.05) is 17.1 Å². The second-order valence-corrected chi connectivity index (χ2v) is 11.4. The van der Waals surface area contributed by atoms with Gasteiger partial charge in [0.25, 0.3) is 5.91 Å². The number of unbranched alkanes of at least 4 members (excludes halogenated alkanes) is 1. The Morgan fingerprint density at radius 1 is 1.20 bits per heavy atom. The van der Waals surface area contributed by atoms with Crippen LogP contribution >= 0.6 is 23.1 Å². The number of rotatable bonds is 10. The summed E-state index contributed by atoms with van der Waals surface area (Å²) < 4.78 is 0. The lowest BCUT2D eigenvalue weighted by molar-refractivity contribution is 0.0212. The lowest BCUT2D eigenvalue weighted by Crippen LogP contribution is -2.51. The molecule has 1 aromatic heterocycles. The summed E-state index contributed by atoms with van der Waals surface area (Å²) in [6.45, 7) is 9.92. The zero-order chi connectivity index (χ0) is 21.4. The molecule has 5 nitrogen and oxygen atoms in total. The van der Waals surface area contributed by atoms with E-state index in [1.54, 1.807) is 11.3 Å². The van der Waals surface area contributed by atoms with Crippen molar-refractivity contribution in [1.29, 1.82) is 0 Å². The van der Waals surface area contributed by atoms with Gasteiger partial charge in [-0.2, -0.15) is 11.8 Å². The third kappa shape index (κ3) is 6.68. The SMILES string of the molecule is CC(C)c1nc(C(=O)N2CCCC3(CCN(CCCSCCCCO)CC3)C2)cs1. The Morgan fingerprint density at radius 3 is 2.67 bits per heavy atom. The van der Waals surface area contributed by atoms with Gasteiger partial charge < -0.3 is 14.9 Å². The molecule has 7 heteroatoms. The van der Waals surface area contributed by atoms with E-state index in [0.717, 1.165) is 37.4 Å². The minimum Gasteiger partial charge on any atom is -0.396 e. The number of aliphatic hydroxyl groups excluding tert-OH is 1. The van der Waals surface area contributed by atoms with Crippen molar-refractivity contribution in [1.82, 2.24) is 14.8 Å². The lowest BCUT2D eigenvalue weighted by atomic mass is 9.72. The van der Waals surface area contributed by atoms with Gasteiger partial charge in [-0.25, -0.2) is 4.98 Å². The summed E-state index contributed by atoms with van der Waals surface area (Å²) >= 11 is 3.64. The predicted octanol–water partition coefficient (Wildman–Crippen LogP) is 4.48. The van der Waals surface area contributed by atoms with Gasteiger partial charge in [-0.1, -0.05) is 13.8 Å². The van der Waals surface area contributed by atoms with Gasteiger partial charge in [-0.3, -0.25) is 4.79 Å². The van der Waals surface area contributed by atoms with Crippen LogP contribution in [0.25, 0.3) is 0 Å². The van der Waals surface area contributed by atoms with E-state index in [1.165, 1.54) is 56.8 Å². The van der Waals surface area contributed by atoms with E-state index >= 15 is 0 Å². The smallest absolute Gasteiger partial charge is 0.273 e. The van der Waals surface area contributed by atoms with Gasteiger partial charge in [0.05, 0.1) is 5.01 Å². The van der Waals surface area contributed by atoms with Crippen LogP contribution in [0.1, 0.15) is 80.2 Å². The summed E-state index contributed by atoms with van der Waals surface area (Å²) in [5, 5.41) is 11.8. The van der Waals surface area contributed by atoms with Crippen molar-refractivity contribution in [3.63, 3.8) is 0 Å². The average Bonchev–Trinajstić information content (AvgIpc) is 3.25. The van der Waals surface area contributed by atoms with E-state index < -0.39 is 0 Å². The van der Waals surface area contributed by atoms with Gasteiger partial charge in [0.2, 0.25) is 0 Å². The van der Waals surface area contributed by atoms with E-state index in [2.05, 4.69) is 28.6 Å². The molecule has 3 heterocycles. The Labute approximate surface area is 190 Å². The molecule has 0 radical (unpaired) electrons. The maximum absolute atomic E-state index is 13.0. The van der Waals surface area contributed by atoms with Crippen LogP contribution in [0.5, 0.6) is 0 Å². The second kappa shape index (κ2) is 11.8. The summed E-state index contributed by atoms with van der Waals surface area (Å²) in [5.74, 6) is 2.91. The van der Waals surface area contributed by atoms with Crippen molar-refractivity contribution in [2.24, 2.45) is 5.41 Å². The van der Waals surface area contributed by atoms with Gasteiger partial charge in [0, 0.05) is 31.0 Å². The van der Waals surface area contributed by atoms with E-state index in [9.17, 15) is 4.79 Å². The first-order chi connectivity index (χ1) is 14.5. The molecule has 0 atom stereocenters. The van der Waals surface area contributed by atoms with Crippen LogP contribution in [0.15, 0.2) is 5.38 Å². The highest BCUT2D eigenvalue weighted by Gasteiger charge is 2.40. The largest absolute Gasteiger partial charge is 0.396 e. The van der Waals surface area contributed by atoms with Crippen LogP contribution in [-0.4, -0.2) is 76.6 Å². The number of nitrogens with zero attached hydrogens (tertiary/aromatic N) is 3. The number of hydrogen-bond donors (Lipinski definition) is 1. The zero-order valence-corrected chi connectivity index (χ0v) is 20.4. The Bertz CT molecular complexity index is 657. The number of carbonyl (C=O) groups is 1. The van der Waals surface area contributed by atoms with Crippen molar-refractivity contribution >= 4 is 29.0 Å². The number of amides is 1. The van der Waals surface area contributed by atoms with Crippen LogP contribution < -0.4 is 0 Å². The standard InChI is InChI=1S/C23H39N3O2S2/c1-19(2)21-24-20(17-30-21)22(28)26-11-5-7-23(18-26)8-12-25(13-9-23)10-6-16-29-15-4-3-14-27/h17,19,27H,3-16,18H2,1-2H3. The number of aromatic nitrogens is 1. The van der Waals surface area contributed by atoms with Crippen molar-refractivity contribution < 1.29 is 9.90 Å². The monoisotopic (exact) mass is 453 g/mol. The highest BCUT2D eigenvalue weighted by Crippen LogP contribution is 2.40. The zero-order valence-electron chi connectivity index (χ0n) is 18.8. The van der Waals surface area contributed by atoms with Crippen molar-refractivity contribution in [3.05, 3.63) is 16.1 Å². The Balaban J connectivity index is 1.41. The molecular formula is C23H39N3O2S2. The van der Waals surface area contributed by atoms with E-state index in [4.69, 9.17) is 5.11 Å². The number of thiazole rings is 1. The number of likely N-dealkylation sites (tertiary alicyclic amines) is 2. The van der Waals surface area contributed by atoms with E-state index in [-0.39, 0.29) is 5.91 Å². The molecule has 170 valence electrons. The molecule has 1 amide bonds. The molecule has 2 saturated heterocycles. The quantitative estimate of drug-likeness (QED) is 0.529. The van der Waals surface area contributed by atoms with Crippen LogP contribution in [0.4, 0.5) is 0 Å². The van der Waals surface area contributed by atoms with E-state index in [0.29, 0.717) is 23.6 Å². The third-order valence-corrected chi connectivity index (χ3v) is 8.86. The highest BCUT2D eigenvalue weighted by molar-refractivity contribution is 7.99. The van der Waals surface area contributed by atoms with Crippen LogP contribution in [0.3, 0.4) is 0 Å². The Kier molecular flexibility index (Phi) is 9.48. The third-order valence-electron chi connectivity index (χ3n) is 6.56. The maximum atomic E-state index is 13.0. The summed E-state index contributed by atoms with van der Waals surface area (Å²) in [6.07, 6.45) is 8.13. The molecule has 2 aliphatic rings. The molecule has 30 heavy (non-hydrogen) atoms. The minimum absolute atomic E-state index is 0.137. The summed E-state index contributed by atoms with van der Waals surface area (Å²) in [6, 6.07) is 0. The average molecular weight is 454 g/mol. The molecule has 2 fully saturated rings. The number of hydrogen-bond acceptors (Lipinski definition) is 6. The maximum Gasteiger partial charge on any atom is 0.273 e. The molecule has 0 bridgehead atoms. The first-order valence-corrected chi connectivity index (χ1v) is 13.7. The number of carbonyl (C=O) groups excluding carboxylic acids is 1. The molecule has 1 spiro atoms. The second-order valence-electron chi connectivity index (χ2n) is 9.29. The number of aliphatic hydroxyl groups is 1. The summed E-state index contributed by atoms with van der Waals surface area (Å²) in [4.78, 5) is 22.3. The van der Waals surface area contributed by atoms with Gasteiger partial charge in [0.1, 0.15) is 5.69 Å². The molecular weight excluding hydrogens is 414 g/mol. The van der Waals surface area contributed by atoms with Gasteiger partial charge >= 0.3 is 0 Å². The van der Waals surface area contributed by atoms with Gasteiger partial charge in [0.15, 0.2) is 0 Å². The fourth-order valence-corrected chi connectivity index (χ4v) is 6.42. The summed E-state index contributed by atoms with van der Waals surface area (Å²) in [5.41, 5.74) is 0.968. The summed E-state index contributed by atoms with van der Waals surface area (Å²) in [7, 11) is 0.